The van der Waals surface area contributed by atoms with Gasteiger partial charge in [0.05, 0.1) is 7.11 Å². The molecule has 0 atom stereocenters. The summed E-state index contributed by atoms with van der Waals surface area (Å²) in [5.74, 6) is -1.71. The largest absolute Gasteiger partial charge is 0.573 e. The van der Waals surface area contributed by atoms with Crippen LogP contribution in [-0.2, 0) is 11.3 Å². The molecule has 0 saturated heterocycles. The zero-order chi connectivity index (χ0) is 13.9. The standard InChI is InChI=1S/C9H10F3N3O3/c1-17-8(16)6-5(14)7(18-9(10,11)12)4(2-13)3-15-6/h3H,2,13-14H2,1H3. The Bertz CT molecular complexity index is 462. The fraction of sp³-hybridized carbons (Fsp3) is 0.333. The number of rotatable bonds is 3. The first-order chi connectivity index (χ1) is 8.30. The summed E-state index contributed by atoms with van der Waals surface area (Å²) in [5.41, 5.74) is 9.53. The molecule has 0 unspecified atom stereocenters. The second kappa shape index (κ2) is 5.08. The quantitative estimate of drug-likeness (QED) is 0.784. The molecule has 0 saturated carbocycles. The molecule has 0 fully saturated rings. The van der Waals surface area contributed by atoms with Crippen molar-refractivity contribution in [1.29, 1.82) is 0 Å². The van der Waals surface area contributed by atoms with Crippen LogP contribution in [0.1, 0.15) is 16.1 Å². The van der Waals surface area contributed by atoms with Crippen LogP contribution < -0.4 is 16.2 Å². The van der Waals surface area contributed by atoms with Gasteiger partial charge < -0.3 is 20.9 Å². The number of carbonyl (C=O) groups excluding carboxylic acids is 1. The molecule has 0 aliphatic carbocycles. The number of methoxy groups -OCH3 is 1. The molecule has 100 valence electrons. The molecule has 4 N–H and O–H groups in total. The number of carbonyl (C=O) groups is 1. The summed E-state index contributed by atoms with van der Waals surface area (Å²) < 4.78 is 44.7. The van der Waals surface area contributed by atoms with E-state index in [9.17, 15) is 18.0 Å². The Balaban J connectivity index is 3.31. The van der Waals surface area contributed by atoms with Gasteiger partial charge in [-0.3, -0.25) is 0 Å². The Hall–Kier alpha value is -2.03. The number of nitrogens with zero attached hydrogens (tertiary/aromatic N) is 1. The topological polar surface area (TPSA) is 100 Å². The number of alkyl halides is 3. The van der Waals surface area contributed by atoms with E-state index in [2.05, 4.69) is 14.5 Å². The van der Waals surface area contributed by atoms with Crippen LogP contribution in [-0.4, -0.2) is 24.4 Å². The maximum atomic E-state index is 12.2. The summed E-state index contributed by atoms with van der Waals surface area (Å²) in [6.45, 7) is -0.274. The average Bonchev–Trinajstić information content (AvgIpc) is 2.29. The first kappa shape index (κ1) is 14.0. The first-order valence-corrected chi connectivity index (χ1v) is 4.61. The molecule has 0 aromatic carbocycles. The lowest BCUT2D eigenvalue weighted by atomic mass is 10.2. The van der Waals surface area contributed by atoms with Crippen LogP contribution >= 0.6 is 0 Å². The van der Waals surface area contributed by atoms with Gasteiger partial charge in [-0.05, 0) is 0 Å². The monoisotopic (exact) mass is 265 g/mol. The zero-order valence-corrected chi connectivity index (χ0v) is 9.25. The van der Waals surface area contributed by atoms with Crippen LogP contribution in [0.3, 0.4) is 0 Å². The minimum atomic E-state index is -4.95. The van der Waals surface area contributed by atoms with Crippen molar-refractivity contribution >= 4 is 11.7 Å². The lowest BCUT2D eigenvalue weighted by Crippen LogP contribution is -2.21. The third-order valence-corrected chi connectivity index (χ3v) is 1.96. The molecule has 1 rings (SSSR count). The molecule has 18 heavy (non-hydrogen) atoms. The van der Waals surface area contributed by atoms with E-state index in [4.69, 9.17) is 11.5 Å². The number of halogens is 3. The number of hydrogen-bond donors (Lipinski definition) is 2. The van der Waals surface area contributed by atoms with E-state index in [0.717, 1.165) is 13.3 Å². The van der Waals surface area contributed by atoms with E-state index in [0.29, 0.717) is 0 Å². The molecular weight excluding hydrogens is 255 g/mol. The highest BCUT2D eigenvalue weighted by molar-refractivity contribution is 5.94. The summed E-state index contributed by atoms with van der Waals surface area (Å²) in [6.07, 6.45) is -3.98. The maximum Gasteiger partial charge on any atom is 0.573 e. The Labute approximate surface area is 99.7 Å². The van der Waals surface area contributed by atoms with Crippen molar-refractivity contribution in [3.8, 4) is 5.75 Å². The summed E-state index contributed by atoms with van der Waals surface area (Å²) in [6, 6.07) is 0. The third-order valence-electron chi connectivity index (χ3n) is 1.96. The smallest absolute Gasteiger partial charge is 0.464 e. The molecule has 1 heterocycles. The number of pyridine rings is 1. The van der Waals surface area contributed by atoms with Crippen LogP contribution in [0.4, 0.5) is 18.9 Å². The van der Waals surface area contributed by atoms with E-state index in [1.165, 1.54) is 0 Å². The van der Waals surface area contributed by atoms with Crippen LogP contribution in [0.25, 0.3) is 0 Å². The number of ether oxygens (including phenoxy) is 2. The number of hydrogen-bond acceptors (Lipinski definition) is 6. The molecule has 0 aliphatic rings. The third kappa shape index (κ3) is 3.00. The minimum absolute atomic E-state index is 0.0718. The zero-order valence-electron chi connectivity index (χ0n) is 9.25. The molecule has 6 nitrogen and oxygen atoms in total. The summed E-state index contributed by atoms with van der Waals surface area (Å²) in [5, 5.41) is 0. The number of anilines is 1. The Morgan fingerprint density at radius 2 is 2.11 bits per heavy atom. The summed E-state index contributed by atoms with van der Waals surface area (Å²) in [7, 11) is 1.05. The minimum Gasteiger partial charge on any atom is -0.464 e. The summed E-state index contributed by atoms with van der Waals surface area (Å²) >= 11 is 0. The highest BCUT2D eigenvalue weighted by Crippen LogP contribution is 2.33. The summed E-state index contributed by atoms with van der Waals surface area (Å²) in [4.78, 5) is 14.8. The fourth-order valence-electron chi connectivity index (χ4n) is 1.19. The Morgan fingerprint density at radius 3 is 2.56 bits per heavy atom. The van der Waals surface area contributed by atoms with E-state index in [1.807, 2.05) is 0 Å². The van der Waals surface area contributed by atoms with E-state index >= 15 is 0 Å². The van der Waals surface area contributed by atoms with Crippen LogP contribution in [0, 0.1) is 0 Å². The van der Waals surface area contributed by atoms with Gasteiger partial charge >= 0.3 is 12.3 Å². The highest BCUT2D eigenvalue weighted by Gasteiger charge is 2.34. The lowest BCUT2D eigenvalue weighted by molar-refractivity contribution is -0.274. The highest BCUT2D eigenvalue weighted by atomic mass is 19.4. The fourth-order valence-corrected chi connectivity index (χ4v) is 1.19. The van der Waals surface area contributed by atoms with Gasteiger partial charge in [-0.2, -0.15) is 0 Å². The van der Waals surface area contributed by atoms with Crippen LogP contribution in [0.5, 0.6) is 5.75 Å². The van der Waals surface area contributed by atoms with Crippen molar-refractivity contribution < 1.29 is 27.4 Å². The predicted octanol–water partition coefficient (Wildman–Crippen LogP) is 0.808. The lowest BCUT2D eigenvalue weighted by Gasteiger charge is -2.15. The van der Waals surface area contributed by atoms with Crippen molar-refractivity contribution in [3.63, 3.8) is 0 Å². The normalized spacial score (nSPS) is 11.2. The van der Waals surface area contributed by atoms with E-state index < -0.39 is 29.5 Å². The maximum absolute atomic E-state index is 12.2. The van der Waals surface area contributed by atoms with Crippen LogP contribution in [0.15, 0.2) is 6.20 Å². The SMILES string of the molecule is COC(=O)c1ncc(CN)c(OC(F)(F)F)c1N. The van der Waals surface area contributed by atoms with Gasteiger partial charge in [-0.1, -0.05) is 0 Å². The van der Waals surface area contributed by atoms with Crippen molar-refractivity contribution in [1.82, 2.24) is 4.98 Å². The number of aromatic nitrogens is 1. The Kier molecular flexibility index (Phi) is 3.96. The Morgan fingerprint density at radius 1 is 1.50 bits per heavy atom. The van der Waals surface area contributed by atoms with Crippen molar-refractivity contribution in [2.75, 3.05) is 12.8 Å². The van der Waals surface area contributed by atoms with Gasteiger partial charge in [0.15, 0.2) is 11.4 Å². The number of nitrogens with two attached hydrogens (primary N) is 2. The molecule has 0 radical (unpaired) electrons. The molecular formula is C9H10F3N3O3. The second-order valence-corrected chi connectivity index (χ2v) is 3.12. The van der Waals surface area contributed by atoms with E-state index in [1.54, 1.807) is 0 Å². The first-order valence-electron chi connectivity index (χ1n) is 4.61. The van der Waals surface area contributed by atoms with Crippen molar-refractivity contribution in [2.24, 2.45) is 5.73 Å². The van der Waals surface area contributed by atoms with Gasteiger partial charge in [0.2, 0.25) is 0 Å². The van der Waals surface area contributed by atoms with Gasteiger partial charge in [-0.25, -0.2) is 9.78 Å². The van der Waals surface area contributed by atoms with Crippen molar-refractivity contribution in [3.05, 3.63) is 17.5 Å². The van der Waals surface area contributed by atoms with Gasteiger partial charge in [0.25, 0.3) is 0 Å². The number of nitrogen functional groups attached to an aromatic ring is 1. The van der Waals surface area contributed by atoms with Gasteiger partial charge in [0.1, 0.15) is 5.69 Å². The molecule has 0 bridgehead atoms. The predicted molar refractivity (Wildman–Crippen MR) is 54.6 cm³/mol. The van der Waals surface area contributed by atoms with Crippen LogP contribution in [0.2, 0.25) is 0 Å². The molecule has 1 aromatic heterocycles. The van der Waals surface area contributed by atoms with Gasteiger partial charge in [-0.15, -0.1) is 13.2 Å². The molecule has 0 spiro atoms. The molecule has 9 heteroatoms. The van der Waals surface area contributed by atoms with Gasteiger partial charge in [0, 0.05) is 18.3 Å². The second-order valence-electron chi connectivity index (χ2n) is 3.12. The molecule has 0 aliphatic heterocycles. The number of esters is 1. The van der Waals surface area contributed by atoms with E-state index in [-0.39, 0.29) is 12.1 Å². The average molecular weight is 265 g/mol. The van der Waals surface area contributed by atoms with Crippen molar-refractivity contribution in [2.45, 2.75) is 12.9 Å². The molecule has 1 aromatic rings. The molecule has 0 amide bonds.